The van der Waals surface area contributed by atoms with Crippen molar-refractivity contribution in [3.8, 4) is 11.8 Å². The zero-order valence-corrected chi connectivity index (χ0v) is 15.8. The molecule has 4 rings (SSSR count). The van der Waals surface area contributed by atoms with Crippen LogP contribution >= 0.6 is 0 Å². The molecule has 0 saturated heterocycles. The van der Waals surface area contributed by atoms with Gasteiger partial charge in [-0.15, -0.1) is 0 Å². The Labute approximate surface area is 173 Å². The number of nitrogens with zero attached hydrogens (tertiary/aromatic N) is 4. The van der Waals surface area contributed by atoms with Gasteiger partial charge in [-0.3, -0.25) is 9.89 Å². The van der Waals surface area contributed by atoms with Crippen molar-refractivity contribution in [3.63, 3.8) is 0 Å². The van der Waals surface area contributed by atoms with Crippen LogP contribution in [0.15, 0.2) is 81.4 Å². The third-order valence-corrected chi connectivity index (χ3v) is 4.96. The van der Waals surface area contributed by atoms with Gasteiger partial charge in [0.05, 0.1) is 29.1 Å². The quantitative estimate of drug-likeness (QED) is 0.664. The van der Waals surface area contributed by atoms with Crippen LogP contribution in [0.25, 0.3) is 5.69 Å². The lowest BCUT2D eigenvalue weighted by Gasteiger charge is -2.21. The number of nitriles is 1. The minimum absolute atomic E-state index is 0.242. The van der Waals surface area contributed by atoms with E-state index in [0.717, 1.165) is 4.68 Å². The summed E-state index contributed by atoms with van der Waals surface area (Å²) in [6.07, 6.45) is -4.56. The van der Waals surface area contributed by atoms with Gasteiger partial charge in [0, 0.05) is 11.5 Å². The van der Waals surface area contributed by atoms with Crippen molar-refractivity contribution in [3.05, 3.63) is 99.1 Å². The van der Waals surface area contributed by atoms with Crippen molar-refractivity contribution in [1.29, 1.82) is 5.26 Å². The standard InChI is InChI=1S/C21H15F3N6O/c22-21(23,24)18-17(20(31)30(29-18)14-4-2-1-3-5-14)16(15-11-27-28-19(15)26)13-8-6-12(10-25)7-9-13/h1-9,11,16,19,29H,26H2. The smallest absolute Gasteiger partial charge is 0.305 e. The lowest BCUT2D eigenvalue weighted by Crippen LogP contribution is -2.28. The second-order valence-corrected chi connectivity index (χ2v) is 6.85. The van der Waals surface area contributed by atoms with Gasteiger partial charge >= 0.3 is 6.18 Å². The Bertz CT molecular complexity index is 1260. The van der Waals surface area contributed by atoms with E-state index in [9.17, 15) is 18.0 Å². The lowest BCUT2D eigenvalue weighted by atomic mass is 9.83. The highest BCUT2D eigenvalue weighted by Gasteiger charge is 2.42. The van der Waals surface area contributed by atoms with Gasteiger partial charge in [-0.25, -0.2) is 4.68 Å². The Hall–Kier alpha value is -3.97. The van der Waals surface area contributed by atoms with Gasteiger partial charge in [0.15, 0.2) is 0 Å². The van der Waals surface area contributed by atoms with Crippen LogP contribution < -0.4 is 11.3 Å². The Morgan fingerprint density at radius 2 is 1.81 bits per heavy atom. The summed E-state index contributed by atoms with van der Waals surface area (Å²) < 4.78 is 42.9. The van der Waals surface area contributed by atoms with Gasteiger partial charge in [0.2, 0.25) is 0 Å². The van der Waals surface area contributed by atoms with E-state index in [1.807, 2.05) is 6.07 Å². The maximum Gasteiger partial charge on any atom is 0.433 e. The second kappa shape index (κ2) is 7.70. The van der Waals surface area contributed by atoms with Crippen LogP contribution in [0.1, 0.15) is 28.3 Å². The van der Waals surface area contributed by atoms with E-state index in [0.29, 0.717) is 11.1 Å². The van der Waals surface area contributed by atoms with Crippen LogP contribution in [0.3, 0.4) is 0 Å². The molecule has 1 aromatic heterocycles. The third kappa shape index (κ3) is 3.67. The molecule has 1 aliphatic heterocycles. The molecule has 3 N–H and O–H groups in total. The van der Waals surface area contributed by atoms with E-state index in [1.165, 1.54) is 42.6 Å². The monoisotopic (exact) mass is 424 g/mol. The van der Waals surface area contributed by atoms with Crippen molar-refractivity contribution in [2.75, 3.05) is 0 Å². The van der Waals surface area contributed by atoms with Crippen molar-refractivity contribution in [2.24, 2.45) is 16.0 Å². The SMILES string of the molecule is N#Cc1ccc(C(C2=CN=NC2N)c2c(C(F)(F)F)[nH]n(-c3ccccc3)c2=O)cc1. The van der Waals surface area contributed by atoms with Crippen molar-refractivity contribution in [2.45, 2.75) is 18.3 Å². The fourth-order valence-electron chi connectivity index (χ4n) is 3.53. The molecular formula is C21H15F3N6O. The normalized spacial score (nSPS) is 16.7. The maximum atomic E-state index is 14.0. The first kappa shape index (κ1) is 20.3. The molecule has 0 radical (unpaired) electrons. The van der Waals surface area contributed by atoms with Gasteiger partial charge < -0.3 is 5.73 Å². The van der Waals surface area contributed by atoms with Crippen molar-refractivity contribution >= 4 is 0 Å². The van der Waals surface area contributed by atoms with E-state index < -0.39 is 35.1 Å². The lowest BCUT2D eigenvalue weighted by molar-refractivity contribution is -0.142. The summed E-state index contributed by atoms with van der Waals surface area (Å²) in [5, 5.41) is 18.7. The number of aromatic nitrogens is 2. The molecule has 156 valence electrons. The molecule has 7 nitrogen and oxygen atoms in total. The summed E-state index contributed by atoms with van der Waals surface area (Å²) in [6, 6.07) is 15.8. The Morgan fingerprint density at radius 3 is 2.35 bits per heavy atom. The van der Waals surface area contributed by atoms with Crippen molar-refractivity contribution < 1.29 is 13.2 Å². The topological polar surface area (TPSA) is 112 Å². The molecule has 31 heavy (non-hydrogen) atoms. The number of nitrogens with one attached hydrogen (secondary N) is 1. The number of hydrogen-bond donors (Lipinski definition) is 2. The van der Waals surface area contributed by atoms with E-state index in [-0.39, 0.29) is 11.3 Å². The minimum Gasteiger partial charge on any atom is -0.305 e. The molecule has 0 aliphatic carbocycles. The summed E-state index contributed by atoms with van der Waals surface area (Å²) in [6.45, 7) is 0. The van der Waals surface area contributed by atoms with Crippen LogP contribution in [0.4, 0.5) is 13.2 Å². The van der Waals surface area contributed by atoms with Crippen molar-refractivity contribution in [1.82, 2.24) is 9.78 Å². The fraction of sp³-hybridized carbons (Fsp3) is 0.143. The number of halogens is 3. The summed E-state index contributed by atoms with van der Waals surface area (Å²) in [5.41, 5.74) is 4.56. The van der Waals surface area contributed by atoms with Crippen LogP contribution in [0.5, 0.6) is 0 Å². The number of rotatable bonds is 4. The van der Waals surface area contributed by atoms with Crippen LogP contribution in [0.2, 0.25) is 0 Å². The molecule has 0 fully saturated rings. The molecule has 0 bridgehead atoms. The van der Waals surface area contributed by atoms with Gasteiger partial charge in [0.1, 0.15) is 11.9 Å². The number of azo groups is 1. The summed E-state index contributed by atoms with van der Waals surface area (Å²) in [5.74, 6) is -1.16. The zero-order valence-electron chi connectivity index (χ0n) is 15.8. The molecule has 2 atom stereocenters. The van der Waals surface area contributed by atoms with Crippen LogP contribution in [-0.4, -0.2) is 15.9 Å². The molecule has 1 aliphatic rings. The molecule has 0 spiro atoms. The number of benzene rings is 2. The largest absolute Gasteiger partial charge is 0.433 e. The molecule has 10 heteroatoms. The fourth-order valence-corrected chi connectivity index (χ4v) is 3.53. The summed E-state index contributed by atoms with van der Waals surface area (Å²) in [4.78, 5) is 13.3. The average Bonchev–Trinajstić information content (AvgIpc) is 3.33. The highest BCUT2D eigenvalue weighted by atomic mass is 19.4. The molecule has 3 aromatic rings. The molecule has 2 unspecified atom stereocenters. The molecular weight excluding hydrogens is 409 g/mol. The van der Waals surface area contributed by atoms with E-state index in [4.69, 9.17) is 11.0 Å². The number of H-pyrrole nitrogens is 1. The van der Waals surface area contributed by atoms with Gasteiger partial charge in [-0.1, -0.05) is 30.3 Å². The molecule has 2 heterocycles. The third-order valence-electron chi connectivity index (χ3n) is 4.96. The first-order valence-electron chi connectivity index (χ1n) is 9.14. The average molecular weight is 424 g/mol. The Kier molecular flexibility index (Phi) is 5.04. The number of hydrogen-bond acceptors (Lipinski definition) is 5. The number of nitrogens with two attached hydrogens (primary N) is 1. The Balaban J connectivity index is 1.99. The number of para-hydroxylation sites is 1. The van der Waals surface area contributed by atoms with E-state index in [2.05, 4.69) is 15.3 Å². The Morgan fingerprint density at radius 1 is 1.13 bits per heavy atom. The minimum atomic E-state index is -4.84. The van der Waals surface area contributed by atoms with Crippen LogP contribution in [0, 0.1) is 11.3 Å². The molecule has 0 amide bonds. The predicted octanol–water partition coefficient (Wildman–Crippen LogP) is 3.82. The predicted molar refractivity (Wildman–Crippen MR) is 105 cm³/mol. The summed E-state index contributed by atoms with van der Waals surface area (Å²) in [7, 11) is 0. The zero-order chi connectivity index (χ0) is 22.2. The second-order valence-electron chi connectivity index (χ2n) is 6.85. The van der Waals surface area contributed by atoms with Gasteiger partial charge in [0.25, 0.3) is 5.56 Å². The highest BCUT2D eigenvalue weighted by molar-refractivity contribution is 5.48. The van der Waals surface area contributed by atoms with Gasteiger partial charge in [-0.05, 0) is 29.8 Å². The maximum absolute atomic E-state index is 14.0. The summed E-state index contributed by atoms with van der Waals surface area (Å²) >= 11 is 0. The highest BCUT2D eigenvalue weighted by Crippen LogP contribution is 2.40. The van der Waals surface area contributed by atoms with E-state index in [1.54, 1.807) is 18.2 Å². The van der Waals surface area contributed by atoms with Crippen LogP contribution in [-0.2, 0) is 6.18 Å². The van der Waals surface area contributed by atoms with E-state index >= 15 is 0 Å². The first-order chi connectivity index (χ1) is 14.8. The molecule has 0 saturated carbocycles. The number of aromatic amines is 1. The van der Waals surface area contributed by atoms with Gasteiger partial charge in [-0.2, -0.15) is 28.7 Å². The number of alkyl halides is 3. The molecule has 2 aromatic carbocycles. The first-order valence-corrected chi connectivity index (χ1v) is 9.14.